The van der Waals surface area contributed by atoms with Crippen LogP contribution in [0.3, 0.4) is 0 Å². The van der Waals surface area contributed by atoms with Crippen LogP contribution in [0.4, 0.5) is 0 Å². The standard InChI is InChI=1S/C10H16O/c1-7(2)4-9-5-8(3)6-10(9)11/h6-7,9H,4-5H2,1-3H3. The van der Waals surface area contributed by atoms with E-state index in [0.29, 0.717) is 17.6 Å². The minimum absolute atomic E-state index is 0.301. The Balaban J connectivity index is 2.47. The van der Waals surface area contributed by atoms with E-state index in [-0.39, 0.29) is 0 Å². The van der Waals surface area contributed by atoms with Gasteiger partial charge in [0.1, 0.15) is 0 Å². The highest BCUT2D eigenvalue weighted by molar-refractivity contribution is 5.94. The van der Waals surface area contributed by atoms with Crippen LogP contribution in [0.2, 0.25) is 0 Å². The number of rotatable bonds is 2. The van der Waals surface area contributed by atoms with Gasteiger partial charge < -0.3 is 0 Å². The molecule has 0 aromatic rings. The van der Waals surface area contributed by atoms with Crippen LogP contribution in [0.15, 0.2) is 11.6 Å². The minimum Gasteiger partial charge on any atom is -0.295 e. The maximum atomic E-state index is 11.2. The molecule has 1 rings (SSSR count). The fourth-order valence-corrected chi connectivity index (χ4v) is 1.68. The molecule has 1 aliphatic carbocycles. The zero-order chi connectivity index (χ0) is 8.43. The van der Waals surface area contributed by atoms with Crippen molar-refractivity contribution >= 4 is 5.78 Å². The Morgan fingerprint density at radius 2 is 2.27 bits per heavy atom. The SMILES string of the molecule is CC1=CC(=O)C(CC(C)C)C1. The molecule has 0 fully saturated rings. The summed E-state index contributed by atoms with van der Waals surface area (Å²) in [6.07, 6.45) is 3.84. The quantitative estimate of drug-likeness (QED) is 0.594. The fourth-order valence-electron chi connectivity index (χ4n) is 1.68. The molecule has 11 heavy (non-hydrogen) atoms. The predicted octanol–water partition coefficient (Wildman–Crippen LogP) is 2.57. The van der Waals surface area contributed by atoms with Crippen molar-refractivity contribution in [1.82, 2.24) is 0 Å². The van der Waals surface area contributed by atoms with Crippen LogP contribution >= 0.6 is 0 Å². The molecule has 0 N–H and O–H groups in total. The second-order valence-electron chi connectivity index (χ2n) is 3.92. The van der Waals surface area contributed by atoms with Crippen molar-refractivity contribution in [3.8, 4) is 0 Å². The monoisotopic (exact) mass is 152 g/mol. The number of carbonyl (C=O) groups is 1. The second kappa shape index (κ2) is 3.21. The van der Waals surface area contributed by atoms with E-state index in [1.165, 1.54) is 5.57 Å². The Morgan fingerprint density at radius 3 is 2.64 bits per heavy atom. The molecular weight excluding hydrogens is 136 g/mol. The summed E-state index contributed by atoms with van der Waals surface area (Å²) in [4.78, 5) is 11.2. The number of ketones is 1. The van der Waals surface area contributed by atoms with E-state index in [0.717, 1.165) is 12.8 Å². The Hall–Kier alpha value is -0.590. The van der Waals surface area contributed by atoms with Gasteiger partial charge in [0.15, 0.2) is 5.78 Å². The lowest BCUT2D eigenvalue weighted by atomic mass is 9.94. The second-order valence-corrected chi connectivity index (χ2v) is 3.92. The molecule has 0 saturated carbocycles. The highest BCUT2D eigenvalue weighted by Gasteiger charge is 2.23. The van der Waals surface area contributed by atoms with E-state index in [4.69, 9.17) is 0 Å². The number of allylic oxidation sites excluding steroid dienone is 2. The van der Waals surface area contributed by atoms with E-state index in [9.17, 15) is 4.79 Å². The van der Waals surface area contributed by atoms with Crippen molar-refractivity contribution < 1.29 is 4.79 Å². The highest BCUT2D eigenvalue weighted by Crippen LogP contribution is 2.26. The Morgan fingerprint density at radius 1 is 1.64 bits per heavy atom. The molecule has 1 atom stereocenters. The molecule has 0 spiro atoms. The molecule has 1 aliphatic rings. The third-order valence-electron chi connectivity index (χ3n) is 2.12. The van der Waals surface area contributed by atoms with E-state index < -0.39 is 0 Å². The van der Waals surface area contributed by atoms with Gasteiger partial charge in [-0.3, -0.25) is 4.79 Å². The van der Waals surface area contributed by atoms with Crippen LogP contribution in [0.25, 0.3) is 0 Å². The zero-order valence-corrected chi connectivity index (χ0v) is 7.55. The van der Waals surface area contributed by atoms with Crippen molar-refractivity contribution in [2.45, 2.75) is 33.6 Å². The Labute approximate surface area is 68.5 Å². The maximum Gasteiger partial charge on any atom is 0.159 e. The lowest BCUT2D eigenvalue weighted by molar-refractivity contribution is -0.117. The Bertz CT molecular complexity index is 189. The van der Waals surface area contributed by atoms with Gasteiger partial charge in [-0.05, 0) is 31.8 Å². The van der Waals surface area contributed by atoms with Crippen LogP contribution in [-0.4, -0.2) is 5.78 Å². The van der Waals surface area contributed by atoms with Gasteiger partial charge >= 0.3 is 0 Å². The average molecular weight is 152 g/mol. The average Bonchev–Trinajstić information content (AvgIpc) is 2.09. The van der Waals surface area contributed by atoms with E-state index in [1.807, 2.05) is 6.92 Å². The topological polar surface area (TPSA) is 17.1 Å². The largest absolute Gasteiger partial charge is 0.295 e. The van der Waals surface area contributed by atoms with Crippen molar-refractivity contribution in [3.05, 3.63) is 11.6 Å². The maximum absolute atomic E-state index is 11.2. The van der Waals surface area contributed by atoms with Gasteiger partial charge in [0.25, 0.3) is 0 Å². The highest BCUT2D eigenvalue weighted by atomic mass is 16.1. The van der Waals surface area contributed by atoms with E-state index >= 15 is 0 Å². The first-order valence-corrected chi connectivity index (χ1v) is 4.30. The number of hydrogen-bond acceptors (Lipinski definition) is 1. The lowest BCUT2D eigenvalue weighted by Gasteiger charge is -2.10. The van der Waals surface area contributed by atoms with Gasteiger partial charge in [-0.2, -0.15) is 0 Å². The first-order valence-electron chi connectivity index (χ1n) is 4.30. The molecule has 62 valence electrons. The fraction of sp³-hybridized carbons (Fsp3) is 0.700. The van der Waals surface area contributed by atoms with Gasteiger partial charge in [-0.25, -0.2) is 0 Å². The van der Waals surface area contributed by atoms with Gasteiger partial charge in [0.2, 0.25) is 0 Å². The smallest absolute Gasteiger partial charge is 0.159 e. The van der Waals surface area contributed by atoms with Gasteiger partial charge in [0.05, 0.1) is 0 Å². The summed E-state index contributed by atoms with van der Waals surface area (Å²) in [6, 6.07) is 0. The zero-order valence-electron chi connectivity index (χ0n) is 7.55. The summed E-state index contributed by atoms with van der Waals surface area (Å²) < 4.78 is 0. The van der Waals surface area contributed by atoms with Crippen molar-refractivity contribution in [2.75, 3.05) is 0 Å². The van der Waals surface area contributed by atoms with Crippen molar-refractivity contribution in [2.24, 2.45) is 11.8 Å². The van der Waals surface area contributed by atoms with Crippen LogP contribution in [0.1, 0.15) is 33.6 Å². The summed E-state index contributed by atoms with van der Waals surface area (Å²) >= 11 is 0. The van der Waals surface area contributed by atoms with Crippen molar-refractivity contribution in [3.63, 3.8) is 0 Å². The van der Waals surface area contributed by atoms with Crippen LogP contribution < -0.4 is 0 Å². The molecule has 0 radical (unpaired) electrons. The molecule has 1 unspecified atom stereocenters. The van der Waals surface area contributed by atoms with Crippen molar-refractivity contribution in [1.29, 1.82) is 0 Å². The molecule has 1 nitrogen and oxygen atoms in total. The van der Waals surface area contributed by atoms with Crippen LogP contribution in [0, 0.1) is 11.8 Å². The molecule has 0 aliphatic heterocycles. The molecule has 0 saturated heterocycles. The number of hydrogen-bond donors (Lipinski definition) is 0. The van der Waals surface area contributed by atoms with Crippen LogP contribution in [-0.2, 0) is 4.79 Å². The summed E-state index contributed by atoms with van der Waals surface area (Å²) in [5.41, 5.74) is 1.25. The van der Waals surface area contributed by atoms with Gasteiger partial charge in [-0.15, -0.1) is 0 Å². The van der Waals surface area contributed by atoms with Crippen LogP contribution in [0.5, 0.6) is 0 Å². The summed E-state index contributed by atoms with van der Waals surface area (Å²) in [5.74, 6) is 1.29. The molecule has 0 aromatic heterocycles. The van der Waals surface area contributed by atoms with E-state index in [2.05, 4.69) is 13.8 Å². The number of carbonyl (C=O) groups excluding carboxylic acids is 1. The Kier molecular flexibility index (Phi) is 2.48. The molecular formula is C10H16O. The first-order chi connectivity index (χ1) is 5.09. The summed E-state index contributed by atoms with van der Waals surface area (Å²) in [6.45, 7) is 6.38. The first kappa shape index (κ1) is 8.51. The predicted molar refractivity (Wildman–Crippen MR) is 46.3 cm³/mol. The third kappa shape index (κ3) is 2.18. The molecule has 0 heterocycles. The molecule has 0 bridgehead atoms. The van der Waals surface area contributed by atoms with E-state index in [1.54, 1.807) is 6.08 Å². The minimum atomic E-state index is 0.301. The van der Waals surface area contributed by atoms with Gasteiger partial charge in [-0.1, -0.05) is 19.4 Å². The van der Waals surface area contributed by atoms with Gasteiger partial charge in [0, 0.05) is 5.92 Å². The third-order valence-corrected chi connectivity index (χ3v) is 2.12. The summed E-state index contributed by atoms with van der Waals surface area (Å²) in [5, 5.41) is 0. The molecule has 1 heteroatoms. The normalized spacial score (nSPS) is 24.5. The lowest BCUT2D eigenvalue weighted by Crippen LogP contribution is -2.09. The molecule has 0 aromatic carbocycles. The summed E-state index contributed by atoms with van der Waals surface area (Å²) in [7, 11) is 0. The molecule has 0 amide bonds.